The topological polar surface area (TPSA) is 121 Å². The van der Waals surface area contributed by atoms with E-state index in [1.54, 1.807) is 0 Å². The van der Waals surface area contributed by atoms with Gasteiger partial charge in [0.1, 0.15) is 0 Å². The summed E-state index contributed by atoms with van der Waals surface area (Å²) in [6, 6.07) is 0. The third-order valence-electron chi connectivity index (χ3n) is 4.92. The van der Waals surface area contributed by atoms with E-state index in [0.717, 1.165) is 38.5 Å². The van der Waals surface area contributed by atoms with Crippen LogP contribution < -0.4 is 0 Å². The van der Waals surface area contributed by atoms with Gasteiger partial charge in [-0.2, -0.15) is 0 Å². The zero-order chi connectivity index (χ0) is 19.2. The van der Waals surface area contributed by atoms with Crippen LogP contribution in [0.3, 0.4) is 0 Å². The first kappa shape index (κ1) is 24.8. The summed E-state index contributed by atoms with van der Waals surface area (Å²) in [4.78, 5) is 0. The van der Waals surface area contributed by atoms with E-state index in [0.29, 0.717) is 12.8 Å². The van der Waals surface area contributed by atoms with Crippen molar-refractivity contribution in [1.29, 1.82) is 0 Å². The van der Waals surface area contributed by atoms with Gasteiger partial charge in [-0.15, -0.1) is 0 Å². The van der Waals surface area contributed by atoms with Crippen molar-refractivity contribution in [1.82, 2.24) is 0 Å². The van der Waals surface area contributed by atoms with Gasteiger partial charge >= 0.3 is 0 Å². The number of rotatable bonds is 16. The van der Waals surface area contributed by atoms with Crippen LogP contribution in [0, 0.1) is 5.92 Å². The van der Waals surface area contributed by atoms with Gasteiger partial charge in [0.05, 0.1) is 37.1 Å². The molecule has 6 unspecified atom stereocenters. The standard InChI is InChI=1S/C19H40O6/c1-3-5-7-8-10-17(23)19(25)15(12-11-14(21)13-20)18(24)16(22)9-6-4-2/h14-25H,3-13H2,1-2H3. The van der Waals surface area contributed by atoms with E-state index >= 15 is 0 Å². The molecule has 0 aliphatic heterocycles. The SMILES string of the molecule is CCCCCCC(O)C(O)C(CCC(O)CO)C(O)C(O)CCCC. The van der Waals surface area contributed by atoms with Gasteiger partial charge in [0, 0.05) is 5.92 Å². The molecule has 0 aromatic rings. The van der Waals surface area contributed by atoms with Crippen molar-refractivity contribution >= 4 is 0 Å². The second kappa shape index (κ2) is 14.9. The number of hydrogen-bond acceptors (Lipinski definition) is 6. The second-order valence-electron chi connectivity index (χ2n) is 7.19. The monoisotopic (exact) mass is 364 g/mol. The number of aliphatic hydroxyl groups is 6. The van der Waals surface area contributed by atoms with Gasteiger partial charge in [-0.25, -0.2) is 0 Å². The molecular formula is C19H40O6. The van der Waals surface area contributed by atoms with Crippen LogP contribution in [0.2, 0.25) is 0 Å². The molecule has 0 aromatic carbocycles. The average molecular weight is 365 g/mol. The lowest BCUT2D eigenvalue weighted by Gasteiger charge is -2.33. The second-order valence-corrected chi connectivity index (χ2v) is 7.19. The molecule has 0 bridgehead atoms. The Hall–Kier alpha value is -0.240. The van der Waals surface area contributed by atoms with Crippen LogP contribution in [-0.4, -0.2) is 67.8 Å². The summed E-state index contributed by atoms with van der Waals surface area (Å²) in [5.74, 6) is -0.741. The Morgan fingerprint density at radius 1 is 0.600 bits per heavy atom. The summed E-state index contributed by atoms with van der Waals surface area (Å²) >= 11 is 0. The molecule has 0 aliphatic rings. The van der Waals surface area contributed by atoms with Gasteiger partial charge in [0.15, 0.2) is 0 Å². The molecule has 0 rings (SSSR count). The van der Waals surface area contributed by atoms with Crippen LogP contribution in [-0.2, 0) is 0 Å². The highest BCUT2D eigenvalue weighted by molar-refractivity contribution is 4.85. The Balaban J connectivity index is 4.77. The van der Waals surface area contributed by atoms with E-state index in [1.807, 2.05) is 6.92 Å². The summed E-state index contributed by atoms with van der Waals surface area (Å²) in [5.41, 5.74) is 0. The molecule has 0 radical (unpaired) electrons. The third kappa shape index (κ3) is 10.5. The lowest BCUT2D eigenvalue weighted by atomic mass is 9.82. The van der Waals surface area contributed by atoms with Gasteiger partial charge in [-0.05, 0) is 25.7 Å². The van der Waals surface area contributed by atoms with Crippen molar-refractivity contribution in [2.75, 3.05) is 6.61 Å². The maximum absolute atomic E-state index is 10.5. The van der Waals surface area contributed by atoms with Crippen LogP contribution in [0.4, 0.5) is 0 Å². The predicted molar refractivity (Wildman–Crippen MR) is 98.1 cm³/mol. The number of hydrogen-bond donors (Lipinski definition) is 6. The third-order valence-corrected chi connectivity index (χ3v) is 4.92. The minimum absolute atomic E-state index is 0.193. The Kier molecular flexibility index (Phi) is 14.7. The molecule has 0 saturated carbocycles. The first-order chi connectivity index (χ1) is 11.9. The predicted octanol–water partition coefficient (Wildman–Crippen LogP) is 1.34. The van der Waals surface area contributed by atoms with Gasteiger partial charge in [0.2, 0.25) is 0 Å². The Morgan fingerprint density at radius 3 is 1.60 bits per heavy atom. The van der Waals surface area contributed by atoms with E-state index < -0.39 is 43.0 Å². The van der Waals surface area contributed by atoms with Crippen LogP contribution in [0.25, 0.3) is 0 Å². The lowest BCUT2D eigenvalue weighted by Crippen LogP contribution is -2.45. The maximum atomic E-state index is 10.5. The number of aliphatic hydroxyl groups excluding tert-OH is 6. The van der Waals surface area contributed by atoms with Gasteiger partial charge in [-0.3, -0.25) is 0 Å². The average Bonchev–Trinajstić information content (AvgIpc) is 2.62. The van der Waals surface area contributed by atoms with Crippen LogP contribution in [0.1, 0.15) is 78.1 Å². The largest absolute Gasteiger partial charge is 0.394 e. The molecule has 0 amide bonds. The van der Waals surface area contributed by atoms with Crippen molar-refractivity contribution in [3.05, 3.63) is 0 Å². The van der Waals surface area contributed by atoms with Gasteiger partial charge < -0.3 is 30.6 Å². The minimum Gasteiger partial charge on any atom is -0.394 e. The molecule has 0 aromatic heterocycles. The summed E-state index contributed by atoms with van der Waals surface area (Å²) in [6.45, 7) is 3.70. The van der Waals surface area contributed by atoms with Crippen LogP contribution in [0.5, 0.6) is 0 Å². The summed E-state index contributed by atoms with van der Waals surface area (Å²) in [7, 11) is 0. The quantitative estimate of drug-likeness (QED) is 0.230. The van der Waals surface area contributed by atoms with E-state index in [9.17, 15) is 25.5 Å². The maximum Gasteiger partial charge on any atom is 0.0852 e. The van der Waals surface area contributed by atoms with Gasteiger partial charge in [0.25, 0.3) is 0 Å². The summed E-state index contributed by atoms with van der Waals surface area (Å²) < 4.78 is 0. The normalized spacial score (nSPS) is 19.2. The summed E-state index contributed by atoms with van der Waals surface area (Å²) in [6.07, 6.45) is 1.66. The van der Waals surface area contributed by atoms with Crippen molar-refractivity contribution in [2.45, 2.75) is 109 Å². The highest BCUT2D eigenvalue weighted by Crippen LogP contribution is 2.26. The molecule has 0 saturated heterocycles. The Morgan fingerprint density at radius 2 is 1.12 bits per heavy atom. The zero-order valence-corrected chi connectivity index (χ0v) is 15.9. The fourth-order valence-corrected chi connectivity index (χ4v) is 3.13. The van der Waals surface area contributed by atoms with Crippen molar-refractivity contribution in [2.24, 2.45) is 5.92 Å². The first-order valence-corrected chi connectivity index (χ1v) is 9.90. The lowest BCUT2D eigenvalue weighted by molar-refractivity contribution is -0.102. The van der Waals surface area contributed by atoms with E-state index in [2.05, 4.69) is 6.92 Å². The van der Waals surface area contributed by atoms with Crippen molar-refractivity contribution in [3.8, 4) is 0 Å². The molecule has 6 nitrogen and oxygen atoms in total. The smallest absolute Gasteiger partial charge is 0.0852 e. The molecule has 152 valence electrons. The van der Waals surface area contributed by atoms with E-state index in [-0.39, 0.29) is 12.8 Å². The molecule has 6 atom stereocenters. The highest BCUT2D eigenvalue weighted by Gasteiger charge is 2.35. The molecule has 6 N–H and O–H groups in total. The van der Waals surface area contributed by atoms with Crippen LogP contribution in [0.15, 0.2) is 0 Å². The van der Waals surface area contributed by atoms with Crippen LogP contribution >= 0.6 is 0 Å². The number of unbranched alkanes of at least 4 members (excludes halogenated alkanes) is 4. The Bertz CT molecular complexity index is 302. The summed E-state index contributed by atoms with van der Waals surface area (Å²) in [5, 5.41) is 59.9. The Labute approximate surface area is 152 Å². The molecule has 0 heterocycles. The molecule has 25 heavy (non-hydrogen) atoms. The van der Waals surface area contributed by atoms with Crippen molar-refractivity contribution in [3.63, 3.8) is 0 Å². The first-order valence-electron chi connectivity index (χ1n) is 9.90. The molecule has 6 heteroatoms. The highest BCUT2D eigenvalue weighted by atomic mass is 16.3. The molecular weight excluding hydrogens is 324 g/mol. The fraction of sp³-hybridized carbons (Fsp3) is 1.00. The van der Waals surface area contributed by atoms with Gasteiger partial charge in [-0.1, -0.05) is 52.4 Å². The minimum atomic E-state index is -1.17. The molecule has 0 fully saturated rings. The fourth-order valence-electron chi connectivity index (χ4n) is 3.13. The van der Waals surface area contributed by atoms with Crippen molar-refractivity contribution < 1.29 is 30.6 Å². The molecule has 0 aliphatic carbocycles. The van der Waals surface area contributed by atoms with E-state index in [1.165, 1.54) is 0 Å². The molecule has 0 spiro atoms. The zero-order valence-electron chi connectivity index (χ0n) is 15.9. The van der Waals surface area contributed by atoms with E-state index in [4.69, 9.17) is 5.11 Å².